The number of aromatic nitrogens is 3. The fraction of sp³-hybridized carbons (Fsp3) is 0.333. The van der Waals surface area contributed by atoms with Crippen LogP contribution in [0.3, 0.4) is 0 Å². The van der Waals surface area contributed by atoms with Crippen LogP contribution in [0.2, 0.25) is 0 Å². The molecule has 0 bridgehead atoms. The Morgan fingerprint density at radius 3 is 2.95 bits per heavy atom. The Morgan fingerprint density at radius 1 is 1.50 bits per heavy atom. The smallest absolute Gasteiger partial charge is 0.336 e. The van der Waals surface area contributed by atoms with E-state index in [1.54, 1.807) is 4.68 Å². The molecule has 8 heteroatoms. The average molecular weight is 294 g/mol. The van der Waals surface area contributed by atoms with Crippen LogP contribution in [0, 0.1) is 0 Å². The Kier molecular flexibility index (Phi) is 4.46. The van der Waals surface area contributed by atoms with Gasteiger partial charge in [-0.1, -0.05) is 6.92 Å². The maximum Gasteiger partial charge on any atom is 0.336 e. The molecule has 1 amide bonds. The second kappa shape index (κ2) is 6.29. The zero-order valence-electron chi connectivity index (χ0n) is 10.9. The summed E-state index contributed by atoms with van der Waals surface area (Å²) in [5.74, 6) is -0.674. The lowest BCUT2D eigenvalue weighted by Crippen LogP contribution is -2.24. The van der Waals surface area contributed by atoms with Gasteiger partial charge in [-0.2, -0.15) is 5.10 Å². The molecule has 7 nitrogen and oxygen atoms in total. The second-order valence-corrected chi connectivity index (χ2v) is 5.00. The quantitative estimate of drug-likeness (QED) is 0.838. The molecule has 2 aromatic heterocycles. The number of carboxylic acids is 1. The number of thiophene rings is 1. The minimum Gasteiger partial charge on any atom is -0.478 e. The molecule has 0 saturated carbocycles. The van der Waals surface area contributed by atoms with Crippen LogP contribution in [0.5, 0.6) is 0 Å². The number of aryl methyl sites for hydroxylation is 1. The molecule has 2 N–H and O–H groups in total. The molecular weight excluding hydrogens is 280 g/mol. The van der Waals surface area contributed by atoms with Crippen molar-refractivity contribution in [3.8, 4) is 0 Å². The van der Waals surface area contributed by atoms with Crippen molar-refractivity contribution in [3.63, 3.8) is 0 Å². The van der Waals surface area contributed by atoms with E-state index in [9.17, 15) is 9.59 Å². The largest absolute Gasteiger partial charge is 0.478 e. The molecule has 2 heterocycles. The summed E-state index contributed by atoms with van der Waals surface area (Å²) >= 11 is 1.10. The normalized spacial score (nSPS) is 10.4. The summed E-state index contributed by atoms with van der Waals surface area (Å²) < 4.78 is 1.73. The molecule has 2 aromatic rings. The predicted molar refractivity (Wildman–Crippen MR) is 72.8 cm³/mol. The van der Waals surface area contributed by atoms with E-state index in [-0.39, 0.29) is 18.0 Å². The van der Waals surface area contributed by atoms with Gasteiger partial charge in [0.15, 0.2) is 0 Å². The highest BCUT2D eigenvalue weighted by atomic mass is 32.1. The lowest BCUT2D eigenvalue weighted by Gasteiger charge is -2.05. The molecule has 0 spiro atoms. The number of aromatic carboxylic acids is 1. The van der Waals surface area contributed by atoms with Gasteiger partial charge in [-0.25, -0.2) is 14.5 Å². The SMILES string of the molecule is CCCn1ncnc1CNC(=O)c1cc(C(=O)O)cs1. The number of nitrogens with one attached hydrogen (secondary N) is 1. The van der Waals surface area contributed by atoms with Crippen molar-refractivity contribution in [1.29, 1.82) is 0 Å². The van der Waals surface area contributed by atoms with E-state index in [1.807, 2.05) is 6.92 Å². The first-order chi connectivity index (χ1) is 9.61. The minimum atomic E-state index is -1.04. The van der Waals surface area contributed by atoms with Gasteiger partial charge in [0.25, 0.3) is 5.91 Å². The van der Waals surface area contributed by atoms with Crippen molar-refractivity contribution in [3.05, 3.63) is 34.0 Å². The molecule has 0 atom stereocenters. The van der Waals surface area contributed by atoms with E-state index in [2.05, 4.69) is 15.4 Å². The molecule has 106 valence electrons. The van der Waals surface area contributed by atoms with Crippen LogP contribution >= 0.6 is 11.3 Å². The highest BCUT2D eigenvalue weighted by molar-refractivity contribution is 7.12. The summed E-state index contributed by atoms with van der Waals surface area (Å²) in [6.45, 7) is 3.04. The Hall–Kier alpha value is -2.22. The Morgan fingerprint density at radius 2 is 2.30 bits per heavy atom. The minimum absolute atomic E-state index is 0.120. The van der Waals surface area contributed by atoms with Gasteiger partial charge in [0.05, 0.1) is 17.0 Å². The van der Waals surface area contributed by atoms with E-state index in [4.69, 9.17) is 5.11 Å². The van der Waals surface area contributed by atoms with Crippen molar-refractivity contribution in [1.82, 2.24) is 20.1 Å². The van der Waals surface area contributed by atoms with Gasteiger partial charge in [-0.15, -0.1) is 11.3 Å². The first kappa shape index (κ1) is 14.2. The number of nitrogens with zero attached hydrogens (tertiary/aromatic N) is 3. The topological polar surface area (TPSA) is 97.1 Å². The summed E-state index contributed by atoms with van der Waals surface area (Å²) in [5, 5.41) is 17.0. The standard InChI is InChI=1S/C12H14N4O3S/c1-2-3-16-10(14-7-15-16)5-13-11(17)9-4-8(6-20-9)12(18)19/h4,6-7H,2-3,5H2,1H3,(H,13,17)(H,18,19). The average Bonchev–Trinajstić information content (AvgIpc) is 3.05. The maximum absolute atomic E-state index is 11.9. The molecule has 2 rings (SSSR count). The Bertz CT molecular complexity index is 620. The fourth-order valence-electron chi connectivity index (χ4n) is 1.64. The summed E-state index contributed by atoms with van der Waals surface area (Å²) in [7, 11) is 0. The summed E-state index contributed by atoms with van der Waals surface area (Å²) in [5.41, 5.74) is 0.120. The van der Waals surface area contributed by atoms with Crippen LogP contribution in [0.4, 0.5) is 0 Å². The molecule has 0 aliphatic rings. The number of carbonyl (C=O) groups is 2. The number of amides is 1. The van der Waals surface area contributed by atoms with E-state index < -0.39 is 5.97 Å². The molecule has 0 saturated heterocycles. The molecule has 20 heavy (non-hydrogen) atoms. The molecule has 0 unspecified atom stereocenters. The predicted octanol–water partition coefficient (Wildman–Crippen LogP) is 1.38. The van der Waals surface area contributed by atoms with Crippen molar-refractivity contribution in [2.24, 2.45) is 0 Å². The summed E-state index contributed by atoms with van der Waals surface area (Å²) in [4.78, 5) is 27.1. The third kappa shape index (κ3) is 3.21. The van der Waals surface area contributed by atoms with Gasteiger partial charge in [-0.05, 0) is 12.5 Å². The Balaban J connectivity index is 1.97. The van der Waals surface area contributed by atoms with Gasteiger partial charge in [0.2, 0.25) is 0 Å². The first-order valence-corrected chi connectivity index (χ1v) is 6.96. The van der Waals surface area contributed by atoms with E-state index in [0.717, 1.165) is 24.3 Å². The Labute approximate surface area is 119 Å². The van der Waals surface area contributed by atoms with Crippen LogP contribution < -0.4 is 5.32 Å². The summed E-state index contributed by atoms with van der Waals surface area (Å²) in [6.07, 6.45) is 2.38. The van der Waals surface area contributed by atoms with E-state index in [1.165, 1.54) is 17.8 Å². The second-order valence-electron chi connectivity index (χ2n) is 4.09. The van der Waals surface area contributed by atoms with Crippen LogP contribution in [0.25, 0.3) is 0 Å². The van der Waals surface area contributed by atoms with Crippen molar-refractivity contribution < 1.29 is 14.7 Å². The molecular formula is C12H14N4O3S. The molecule has 0 aliphatic carbocycles. The van der Waals surface area contributed by atoms with Gasteiger partial charge in [0, 0.05) is 11.9 Å². The molecule has 0 fully saturated rings. The van der Waals surface area contributed by atoms with Crippen LogP contribution in [0.15, 0.2) is 17.8 Å². The number of carboxylic acid groups (broad SMARTS) is 1. The zero-order chi connectivity index (χ0) is 14.5. The lowest BCUT2D eigenvalue weighted by molar-refractivity contribution is 0.0697. The van der Waals surface area contributed by atoms with E-state index >= 15 is 0 Å². The maximum atomic E-state index is 11.9. The van der Waals surface area contributed by atoms with Crippen LogP contribution in [-0.2, 0) is 13.1 Å². The van der Waals surface area contributed by atoms with E-state index in [0.29, 0.717) is 10.7 Å². The third-order valence-corrected chi connectivity index (χ3v) is 3.54. The monoisotopic (exact) mass is 294 g/mol. The van der Waals surface area contributed by atoms with Gasteiger partial charge >= 0.3 is 5.97 Å². The van der Waals surface area contributed by atoms with Crippen molar-refractivity contribution in [2.75, 3.05) is 0 Å². The van der Waals surface area contributed by atoms with Crippen LogP contribution in [0.1, 0.15) is 39.2 Å². The number of hydrogen-bond donors (Lipinski definition) is 2. The third-order valence-electron chi connectivity index (χ3n) is 2.61. The molecule has 0 radical (unpaired) electrons. The van der Waals surface area contributed by atoms with Crippen molar-refractivity contribution >= 4 is 23.2 Å². The van der Waals surface area contributed by atoms with Gasteiger partial charge in [0.1, 0.15) is 12.2 Å². The van der Waals surface area contributed by atoms with Crippen LogP contribution in [-0.4, -0.2) is 31.7 Å². The summed E-state index contributed by atoms with van der Waals surface area (Å²) in [6, 6.07) is 1.36. The molecule has 0 aromatic carbocycles. The highest BCUT2D eigenvalue weighted by Gasteiger charge is 2.13. The number of hydrogen-bond acceptors (Lipinski definition) is 5. The van der Waals surface area contributed by atoms with Gasteiger partial charge < -0.3 is 10.4 Å². The van der Waals surface area contributed by atoms with Gasteiger partial charge in [-0.3, -0.25) is 4.79 Å². The highest BCUT2D eigenvalue weighted by Crippen LogP contribution is 2.14. The number of carbonyl (C=O) groups excluding carboxylic acids is 1. The lowest BCUT2D eigenvalue weighted by atomic mass is 10.3. The van der Waals surface area contributed by atoms with Crippen molar-refractivity contribution in [2.45, 2.75) is 26.4 Å². The first-order valence-electron chi connectivity index (χ1n) is 6.08. The fourth-order valence-corrected chi connectivity index (χ4v) is 2.43. The zero-order valence-corrected chi connectivity index (χ0v) is 11.7. The number of rotatable bonds is 6. The molecule has 0 aliphatic heterocycles.